The molecule has 3 rings (SSSR count). The van der Waals surface area contributed by atoms with Crippen molar-refractivity contribution in [3.63, 3.8) is 0 Å². The molecule has 29 heavy (non-hydrogen) atoms. The highest BCUT2D eigenvalue weighted by Crippen LogP contribution is 2.15. The Kier molecular flexibility index (Phi) is 6.50. The van der Waals surface area contributed by atoms with Gasteiger partial charge in [-0.25, -0.2) is 19.2 Å². The minimum absolute atomic E-state index is 0.00197. The Bertz CT molecular complexity index is 1060. The van der Waals surface area contributed by atoms with E-state index in [1.165, 1.54) is 11.7 Å². The van der Waals surface area contributed by atoms with Crippen LogP contribution in [0.4, 0.5) is 10.2 Å². The first-order valence-electron chi connectivity index (χ1n) is 8.90. The van der Waals surface area contributed by atoms with Crippen molar-refractivity contribution in [1.29, 1.82) is 0 Å². The third-order valence-electron chi connectivity index (χ3n) is 4.13. The molecular weight excluding hydrogens is 383 g/mol. The average molecular weight is 404 g/mol. The molecule has 154 valence electrons. The Morgan fingerprint density at radius 1 is 1.31 bits per heavy atom. The molecule has 0 bridgehead atoms. The van der Waals surface area contributed by atoms with Crippen molar-refractivity contribution in [3.05, 3.63) is 45.9 Å². The van der Waals surface area contributed by atoms with Gasteiger partial charge in [-0.3, -0.25) is 14.3 Å². The Labute approximate surface area is 164 Å². The van der Waals surface area contributed by atoms with Crippen molar-refractivity contribution < 1.29 is 18.7 Å². The zero-order valence-electron chi connectivity index (χ0n) is 15.9. The van der Waals surface area contributed by atoms with E-state index in [-0.39, 0.29) is 31.1 Å². The SMILES string of the molecule is COCc1nc(N)c2[nH]c(=O)n(CCc3cncc(CC(=O)OCCF)c3)c2n1. The standard InChI is InChI=1S/C18H21FN6O4/c1-28-10-13-22-16(20)15-17(23-13)25(18(27)24-15)4-2-11-6-12(9-21-8-11)7-14(26)29-5-3-19/h6,8-9H,2-5,7,10H2,1H3,(H,24,27)(H2,20,22,23). The normalized spacial score (nSPS) is 11.1. The number of nitrogens with one attached hydrogen (secondary N) is 1. The molecule has 3 heterocycles. The second-order valence-corrected chi connectivity index (χ2v) is 6.28. The third kappa shape index (κ3) is 4.93. The van der Waals surface area contributed by atoms with Crippen molar-refractivity contribution in [3.8, 4) is 0 Å². The number of alkyl halides is 1. The first-order chi connectivity index (χ1) is 14.0. The number of aryl methyl sites for hydroxylation is 2. The second-order valence-electron chi connectivity index (χ2n) is 6.28. The molecule has 3 N–H and O–H groups in total. The number of halogens is 1. The van der Waals surface area contributed by atoms with Crippen LogP contribution < -0.4 is 11.4 Å². The van der Waals surface area contributed by atoms with E-state index in [9.17, 15) is 14.0 Å². The van der Waals surface area contributed by atoms with Gasteiger partial charge in [0.1, 0.15) is 25.4 Å². The Morgan fingerprint density at radius 3 is 2.86 bits per heavy atom. The number of pyridine rings is 1. The van der Waals surface area contributed by atoms with Gasteiger partial charge in [0.05, 0.1) is 6.42 Å². The van der Waals surface area contributed by atoms with Crippen LogP contribution >= 0.6 is 0 Å². The number of carbonyl (C=O) groups is 1. The number of rotatable bonds is 9. The number of esters is 1. The zero-order chi connectivity index (χ0) is 20.8. The van der Waals surface area contributed by atoms with Gasteiger partial charge in [-0.05, 0) is 17.5 Å². The lowest BCUT2D eigenvalue weighted by Crippen LogP contribution is -2.18. The van der Waals surface area contributed by atoms with Gasteiger partial charge in [0.25, 0.3) is 0 Å². The van der Waals surface area contributed by atoms with Gasteiger partial charge in [0.15, 0.2) is 17.3 Å². The number of nitrogen functional groups attached to an aromatic ring is 1. The third-order valence-corrected chi connectivity index (χ3v) is 4.13. The van der Waals surface area contributed by atoms with E-state index in [2.05, 4.69) is 19.9 Å². The summed E-state index contributed by atoms with van der Waals surface area (Å²) in [5, 5.41) is 0. The predicted octanol–water partition coefficient (Wildman–Crippen LogP) is 0.541. The summed E-state index contributed by atoms with van der Waals surface area (Å²) in [6, 6.07) is 1.79. The molecule has 0 radical (unpaired) electrons. The molecule has 0 aliphatic rings. The summed E-state index contributed by atoms with van der Waals surface area (Å²) in [6.07, 6.45) is 3.66. The molecule has 3 aromatic rings. The van der Waals surface area contributed by atoms with Crippen molar-refractivity contribution >= 4 is 23.0 Å². The number of nitrogens with zero attached hydrogens (tertiary/aromatic N) is 4. The maximum atomic E-state index is 12.3. The molecule has 0 unspecified atom stereocenters. The smallest absolute Gasteiger partial charge is 0.327 e. The van der Waals surface area contributed by atoms with Crippen molar-refractivity contribution in [2.75, 3.05) is 26.1 Å². The van der Waals surface area contributed by atoms with E-state index < -0.39 is 12.6 Å². The zero-order valence-corrected chi connectivity index (χ0v) is 15.9. The molecule has 0 saturated carbocycles. The first kappa shape index (κ1) is 20.4. The topological polar surface area (TPSA) is 138 Å². The lowest BCUT2D eigenvalue weighted by atomic mass is 10.1. The Morgan fingerprint density at radius 2 is 2.10 bits per heavy atom. The van der Waals surface area contributed by atoms with E-state index >= 15 is 0 Å². The summed E-state index contributed by atoms with van der Waals surface area (Å²) < 4.78 is 23.3. The van der Waals surface area contributed by atoms with Crippen LogP contribution in [0.5, 0.6) is 0 Å². The predicted molar refractivity (Wildman–Crippen MR) is 102 cm³/mol. The van der Waals surface area contributed by atoms with Gasteiger partial charge >= 0.3 is 11.7 Å². The second kappa shape index (κ2) is 9.24. The number of anilines is 1. The summed E-state index contributed by atoms with van der Waals surface area (Å²) in [5.74, 6) is 0.0290. The molecule has 0 amide bonds. The van der Waals surface area contributed by atoms with Crippen LogP contribution in [0.25, 0.3) is 11.2 Å². The minimum atomic E-state index is -0.719. The summed E-state index contributed by atoms with van der Waals surface area (Å²) in [5.41, 5.74) is 7.79. The van der Waals surface area contributed by atoms with Crippen molar-refractivity contribution in [1.82, 2.24) is 24.5 Å². The van der Waals surface area contributed by atoms with Crippen molar-refractivity contribution in [2.24, 2.45) is 0 Å². The number of hydrogen-bond donors (Lipinski definition) is 2. The molecule has 0 atom stereocenters. The van der Waals surface area contributed by atoms with E-state index in [0.717, 1.165) is 5.56 Å². The number of ether oxygens (including phenoxy) is 2. The molecule has 0 aliphatic carbocycles. The number of aromatic nitrogens is 5. The average Bonchev–Trinajstić information content (AvgIpc) is 3.01. The van der Waals surface area contributed by atoms with Crippen LogP contribution in [0.2, 0.25) is 0 Å². The van der Waals surface area contributed by atoms with Gasteiger partial charge in [0.2, 0.25) is 0 Å². The number of methoxy groups -OCH3 is 1. The van der Waals surface area contributed by atoms with Crippen LogP contribution in [0.1, 0.15) is 17.0 Å². The molecular formula is C18H21FN6O4. The number of fused-ring (bicyclic) bond motifs is 1. The number of aromatic amines is 1. The highest BCUT2D eigenvalue weighted by molar-refractivity contribution is 5.81. The lowest BCUT2D eigenvalue weighted by Gasteiger charge is -2.07. The molecule has 0 fully saturated rings. The van der Waals surface area contributed by atoms with Gasteiger partial charge in [0, 0.05) is 26.0 Å². The van der Waals surface area contributed by atoms with Crippen LogP contribution in [0, 0.1) is 0 Å². The maximum Gasteiger partial charge on any atom is 0.327 e. The minimum Gasteiger partial charge on any atom is -0.463 e. The quantitative estimate of drug-likeness (QED) is 0.493. The highest BCUT2D eigenvalue weighted by Gasteiger charge is 2.14. The molecule has 10 nitrogen and oxygen atoms in total. The fourth-order valence-electron chi connectivity index (χ4n) is 2.89. The monoisotopic (exact) mass is 404 g/mol. The van der Waals surface area contributed by atoms with Gasteiger partial charge in [-0.2, -0.15) is 0 Å². The van der Waals surface area contributed by atoms with E-state index in [1.54, 1.807) is 18.5 Å². The number of imidazole rings is 1. The number of hydrogen-bond acceptors (Lipinski definition) is 8. The Hall–Kier alpha value is -3.34. The van der Waals surface area contributed by atoms with Gasteiger partial charge in [-0.15, -0.1) is 0 Å². The van der Waals surface area contributed by atoms with E-state index in [1.807, 2.05) is 0 Å². The summed E-state index contributed by atoms with van der Waals surface area (Å²) in [4.78, 5) is 39.2. The number of H-pyrrole nitrogens is 1. The van der Waals surface area contributed by atoms with Crippen LogP contribution in [0.15, 0.2) is 23.3 Å². The summed E-state index contributed by atoms with van der Waals surface area (Å²) in [6.45, 7) is -0.488. The lowest BCUT2D eigenvalue weighted by molar-refractivity contribution is -0.143. The van der Waals surface area contributed by atoms with Gasteiger partial charge in [-0.1, -0.05) is 6.07 Å². The fourth-order valence-corrected chi connectivity index (χ4v) is 2.89. The van der Waals surface area contributed by atoms with Crippen molar-refractivity contribution in [2.45, 2.75) is 26.0 Å². The summed E-state index contributed by atoms with van der Waals surface area (Å²) in [7, 11) is 1.52. The number of nitrogens with two attached hydrogens (primary N) is 1. The van der Waals surface area contributed by atoms with E-state index in [4.69, 9.17) is 15.2 Å². The van der Waals surface area contributed by atoms with E-state index in [0.29, 0.717) is 35.5 Å². The first-order valence-corrected chi connectivity index (χ1v) is 8.90. The Balaban J connectivity index is 1.77. The van der Waals surface area contributed by atoms with Crippen LogP contribution in [-0.2, 0) is 40.3 Å². The number of carbonyl (C=O) groups excluding carboxylic acids is 1. The molecule has 0 aromatic carbocycles. The highest BCUT2D eigenvalue weighted by atomic mass is 19.1. The van der Waals surface area contributed by atoms with Crippen LogP contribution in [0.3, 0.4) is 0 Å². The molecule has 3 aromatic heterocycles. The fraction of sp³-hybridized carbons (Fsp3) is 0.389. The molecule has 0 saturated heterocycles. The molecule has 0 spiro atoms. The largest absolute Gasteiger partial charge is 0.463 e. The maximum absolute atomic E-state index is 12.3. The molecule has 11 heteroatoms. The van der Waals surface area contributed by atoms with Crippen LogP contribution in [-0.4, -0.2) is 50.9 Å². The summed E-state index contributed by atoms with van der Waals surface area (Å²) >= 11 is 0. The molecule has 0 aliphatic heterocycles. The van der Waals surface area contributed by atoms with Gasteiger partial charge < -0.3 is 20.2 Å².